The molecule has 1 heterocycles. The van der Waals surface area contributed by atoms with Crippen LogP contribution in [0.1, 0.15) is 69.9 Å². The Labute approximate surface area is 347 Å². The summed E-state index contributed by atoms with van der Waals surface area (Å²) < 4.78 is 28.4. The van der Waals surface area contributed by atoms with E-state index < -0.39 is 88.0 Å². The number of nitrogens with two attached hydrogens (primary N) is 1. The maximum Gasteiger partial charge on any atom is 0.310 e. The first-order valence-electron chi connectivity index (χ1n) is 20.9. The highest BCUT2D eigenvalue weighted by molar-refractivity contribution is 6.01. The largest absolute Gasteiger partial charge is 0.465 e. The second-order valence-electron chi connectivity index (χ2n) is 18.0. The second kappa shape index (κ2) is 15.4. The number of anilines is 1. The van der Waals surface area contributed by atoms with Crippen molar-refractivity contribution in [3.63, 3.8) is 0 Å². The Morgan fingerprint density at radius 1 is 1.00 bits per heavy atom. The molecule has 2 aromatic carbocycles. The summed E-state index contributed by atoms with van der Waals surface area (Å²) in [4.78, 5) is 69.2. The summed E-state index contributed by atoms with van der Waals surface area (Å²) in [6.45, 7) is 4.61. The number of pyridine rings is 1. The molecule has 13 heteroatoms. The zero-order valence-electron chi connectivity index (χ0n) is 34.1. The SMILES string of the molecule is C[C@@H]1C[C@H]2[C@@H]3CCC4=CC(=O)C=C[C@]4(C)[C@@]3(F)[C@@H](O)C[C@]2(C)[C@@]1(O)C(=O)COC(=O)C1CC1C(=O)OCCc1ccc(C(CN)C(=O)Nc2ccc3cnccc3c2)cc1. The van der Waals surface area contributed by atoms with Crippen LogP contribution in [0.5, 0.6) is 0 Å². The summed E-state index contributed by atoms with van der Waals surface area (Å²) in [7, 11) is 0. The van der Waals surface area contributed by atoms with Crippen molar-refractivity contribution in [3.05, 3.63) is 95.9 Å². The quantitative estimate of drug-likeness (QED) is 0.178. The minimum absolute atomic E-state index is 0.0655. The third-order valence-electron chi connectivity index (χ3n) is 14.9. The van der Waals surface area contributed by atoms with Gasteiger partial charge in [-0.15, -0.1) is 0 Å². The number of hydrogen-bond acceptors (Lipinski definition) is 11. The number of halogens is 1. The lowest BCUT2D eigenvalue weighted by Crippen LogP contribution is -2.69. The molecular weight excluding hydrogens is 770 g/mol. The molecule has 8 rings (SSSR count). The maximum atomic E-state index is 17.5. The van der Waals surface area contributed by atoms with Crippen molar-refractivity contribution >= 4 is 45.9 Å². The van der Waals surface area contributed by atoms with Gasteiger partial charge in [0.15, 0.2) is 18.1 Å². The molecule has 0 spiro atoms. The van der Waals surface area contributed by atoms with Crippen LogP contribution in [0.4, 0.5) is 10.1 Å². The minimum Gasteiger partial charge on any atom is -0.465 e. The van der Waals surface area contributed by atoms with Crippen molar-refractivity contribution in [1.82, 2.24) is 4.98 Å². The van der Waals surface area contributed by atoms with E-state index in [-0.39, 0.29) is 37.7 Å². The summed E-state index contributed by atoms with van der Waals surface area (Å²) in [5.41, 5.74) is 2.41. The monoisotopic (exact) mass is 821 g/mol. The molecule has 3 unspecified atom stereocenters. The Balaban J connectivity index is 0.813. The summed E-state index contributed by atoms with van der Waals surface area (Å²) in [5, 5.41) is 28.7. The summed E-state index contributed by atoms with van der Waals surface area (Å²) in [5.74, 6) is -6.27. The van der Waals surface area contributed by atoms with Gasteiger partial charge in [0.25, 0.3) is 0 Å². The number of rotatable bonds is 12. The Bertz CT molecular complexity index is 2310. The summed E-state index contributed by atoms with van der Waals surface area (Å²) in [6.07, 6.45) is 7.87. The number of ketones is 2. The predicted molar refractivity (Wildman–Crippen MR) is 219 cm³/mol. The number of allylic oxidation sites excluding steroid dienone is 4. The lowest BCUT2D eigenvalue weighted by atomic mass is 9.44. The van der Waals surface area contributed by atoms with Crippen LogP contribution in [-0.4, -0.2) is 81.7 Å². The first-order chi connectivity index (χ1) is 28.5. The lowest BCUT2D eigenvalue weighted by Gasteiger charge is -2.62. The Hall–Kier alpha value is -5.11. The van der Waals surface area contributed by atoms with E-state index in [1.165, 1.54) is 12.2 Å². The van der Waals surface area contributed by atoms with Crippen LogP contribution in [0.2, 0.25) is 0 Å². The van der Waals surface area contributed by atoms with E-state index in [4.69, 9.17) is 15.2 Å². The number of esters is 2. The summed E-state index contributed by atoms with van der Waals surface area (Å²) in [6, 6.07) is 14.8. The van der Waals surface area contributed by atoms with Gasteiger partial charge in [0.05, 0.1) is 30.5 Å². The first-order valence-corrected chi connectivity index (χ1v) is 20.9. The molecule has 0 radical (unpaired) electrons. The van der Waals surface area contributed by atoms with E-state index in [9.17, 15) is 34.2 Å². The van der Waals surface area contributed by atoms with E-state index in [0.29, 0.717) is 36.9 Å². The van der Waals surface area contributed by atoms with E-state index >= 15 is 4.39 Å². The fraction of sp³-hybridized carbons (Fsp3) is 0.489. The van der Waals surface area contributed by atoms with Gasteiger partial charge >= 0.3 is 11.9 Å². The Kier molecular flexibility index (Phi) is 10.7. The molecule has 5 N–H and O–H groups in total. The fourth-order valence-electron chi connectivity index (χ4n) is 11.3. The van der Waals surface area contributed by atoms with Crippen molar-refractivity contribution in [2.24, 2.45) is 46.2 Å². The number of alkyl halides is 1. The van der Waals surface area contributed by atoms with Crippen LogP contribution in [0, 0.1) is 40.4 Å². The number of nitrogens with one attached hydrogen (secondary N) is 1. The molecule has 5 aliphatic carbocycles. The van der Waals surface area contributed by atoms with Gasteiger partial charge in [-0.2, -0.15) is 0 Å². The van der Waals surface area contributed by atoms with Crippen molar-refractivity contribution in [2.45, 2.75) is 82.6 Å². The van der Waals surface area contributed by atoms with Gasteiger partial charge in [0.2, 0.25) is 11.7 Å². The van der Waals surface area contributed by atoms with Gasteiger partial charge in [-0.1, -0.05) is 55.8 Å². The van der Waals surface area contributed by atoms with E-state index in [1.807, 2.05) is 48.5 Å². The van der Waals surface area contributed by atoms with Crippen LogP contribution < -0.4 is 11.1 Å². The third-order valence-corrected chi connectivity index (χ3v) is 14.9. The number of carbonyl (C=O) groups is 5. The molecule has 316 valence electrons. The average Bonchev–Trinajstić information content (AvgIpc) is 4.01. The minimum atomic E-state index is -2.11. The Morgan fingerprint density at radius 2 is 1.73 bits per heavy atom. The number of fused-ring (bicyclic) bond motifs is 6. The molecule has 4 saturated carbocycles. The standard InChI is InChI=1S/C47H52FN3O9/c1-26-18-38-37-11-9-31-20-33(52)12-15-44(31,2)46(37,48)39(53)22-45(38,3)47(26,58)40(54)25-60-43(57)35-21-34(35)42(56)59-17-14-27-4-6-28(7-5-27)36(23-49)41(55)51-32-10-8-30-24-50-16-13-29(30)19-32/h4-8,10,12-13,15-16,19-20,24,26,34-39,53,58H,9,11,14,17-18,21-23,25,49H2,1-3H3,(H,51,55)/t26-,34?,35?,36?,37+,38+,39+,44+,45+,46+,47+/m1/s1. The van der Waals surface area contributed by atoms with E-state index in [1.54, 1.807) is 39.2 Å². The van der Waals surface area contributed by atoms with Crippen molar-refractivity contribution in [3.8, 4) is 0 Å². The van der Waals surface area contributed by atoms with Crippen molar-refractivity contribution < 1.29 is 48.0 Å². The predicted octanol–water partition coefficient (Wildman–Crippen LogP) is 5.10. The molecule has 0 saturated heterocycles. The first kappa shape index (κ1) is 41.6. The molecule has 5 aliphatic rings. The highest BCUT2D eigenvalue weighted by Crippen LogP contribution is 2.70. The van der Waals surface area contributed by atoms with Crippen LogP contribution in [-0.2, 0) is 39.9 Å². The molecule has 1 amide bonds. The fourth-order valence-corrected chi connectivity index (χ4v) is 11.3. The van der Waals surface area contributed by atoms with Gasteiger partial charge in [-0.25, -0.2) is 4.39 Å². The molecule has 0 bridgehead atoms. The topological polar surface area (TPSA) is 195 Å². The number of ether oxygens (including phenoxy) is 2. The van der Waals surface area contributed by atoms with Gasteiger partial charge in [-0.3, -0.25) is 29.0 Å². The molecule has 60 heavy (non-hydrogen) atoms. The molecule has 1 aromatic heterocycles. The van der Waals surface area contributed by atoms with Crippen molar-refractivity contribution in [1.29, 1.82) is 0 Å². The van der Waals surface area contributed by atoms with Gasteiger partial charge in [0, 0.05) is 53.2 Å². The smallest absolute Gasteiger partial charge is 0.310 e. The normalized spacial score (nSPS) is 34.4. The molecule has 12 nitrogen and oxygen atoms in total. The average molecular weight is 822 g/mol. The van der Waals surface area contributed by atoms with E-state index in [0.717, 1.165) is 21.9 Å². The number of aliphatic hydroxyl groups excluding tert-OH is 1. The molecule has 4 fully saturated rings. The van der Waals surface area contributed by atoms with Gasteiger partial charge in [0.1, 0.15) is 5.60 Å². The van der Waals surface area contributed by atoms with Crippen LogP contribution in [0.25, 0.3) is 10.8 Å². The molecule has 11 atom stereocenters. The maximum absolute atomic E-state index is 17.5. The number of benzene rings is 2. The highest BCUT2D eigenvalue weighted by Gasteiger charge is 2.75. The lowest BCUT2D eigenvalue weighted by molar-refractivity contribution is -0.220. The second-order valence-corrected chi connectivity index (χ2v) is 18.0. The zero-order valence-corrected chi connectivity index (χ0v) is 34.1. The number of nitrogens with zero attached hydrogens (tertiary/aromatic N) is 1. The van der Waals surface area contributed by atoms with Gasteiger partial charge in [-0.05, 0) is 97.7 Å². The Morgan fingerprint density at radius 3 is 2.47 bits per heavy atom. The van der Waals surface area contributed by atoms with Crippen LogP contribution in [0.15, 0.2) is 84.7 Å². The number of amides is 1. The molecular formula is C47H52FN3O9. The highest BCUT2D eigenvalue weighted by atomic mass is 19.1. The third kappa shape index (κ3) is 6.69. The number of Topliss-reactive ketones (excluding diaryl/α,β-unsaturated/α-hetero) is 1. The number of aliphatic hydroxyl groups is 2. The summed E-state index contributed by atoms with van der Waals surface area (Å²) >= 11 is 0. The van der Waals surface area contributed by atoms with Crippen LogP contribution in [0.3, 0.4) is 0 Å². The number of carbonyl (C=O) groups excluding carboxylic acids is 5. The van der Waals surface area contributed by atoms with E-state index in [2.05, 4.69) is 10.3 Å². The van der Waals surface area contributed by atoms with Crippen LogP contribution >= 0.6 is 0 Å². The molecule has 3 aromatic rings. The van der Waals surface area contributed by atoms with Gasteiger partial charge < -0.3 is 30.7 Å². The number of hydrogen-bond donors (Lipinski definition) is 4. The zero-order chi connectivity index (χ0) is 42.8. The molecule has 0 aliphatic heterocycles. The van der Waals surface area contributed by atoms with Crippen molar-refractivity contribution in [2.75, 3.05) is 25.1 Å². The number of aromatic nitrogens is 1.